The van der Waals surface area contributed by atoms with Crippen molar-refractivity contribution in [1.82, 2.24) is 0 Å². The van der Waals surface area contributed by atoms with Crippen LogP contribution in [0.4, 0.5) is 0 Å². The summed E-state index contributed by atoms with van der Waals surface area (Å²) in [6.07, 6.45) is 1.21. The Kier molecular flexibility index (Phi) is 4.62. The van der Waals surface area contributed by atoms with E-state index < -0.39 is 17.5 Å². The molecule has 0 fully saturated rings. The van der Waals surface area contributed by atoms with Crippen LogP contribution in [0, 0.1) is 0 Å². The zero-order valence-electron chi connectivity index (χ0n) is 8.29. The average molecular weight is 188 g/mol. The number of rotatable bonds is 4. The Hall–Kier alpha value is -0.900. The van der Waals surface area contributed by atoms with Crippen molar-refractivity contribution in [3.63, 3.8) is 0 Å². The molecule has 0 radical (unpaired) electrons. The maximum absolute atomic E-state index is 10.8. The highest BCUT2D eigenvalue weighted by Gasteiger charge is 2.13. The molecule has 0 amide bonds. The van der Waals surface area contributed by atoms with E-state index in [4.69, 9.17) is 0 Å². The van der Waals surface area contributed by atoms with E-state index in [2.05, 4.69) is 4.74 Å². The lowest BCUT2D eigenvalue weighted by molar-refractivity contribution is -0.158. The topological polar surface area (TPSA) is 63.6 Å². The molecule has 0 aliphatic heterocycles. The van der Waals surface area contributed by atoms with Crippen molar-refractivity contribution in [1.29, 1.82) is 0 Å². The molecule has 0 rings (SSSR count). The summed E-state index contributed by atoms with van der Waals surface area (Å²) in [5, 5.41) is 9.29. The molecule has 0 aliphatic rings. The Morgan fingerprint density at radius 2 is 1.92 bits per heavy atom. The summed E-state index contributed by atoms with van der Waals surface area (Å²) in [5.74, 6) is -1.12. The first kappa shape index (κ1) is 12.1. The molecule has 0 atom stereocenters. The van der Waals surface area contributed by atoms with E-state index >= 15 is 0 Å². The van der Waals surface area contributed by atoms with Gasteiger partial charge in [-0.2, -0.15) is 0 Å². The predicted molar refractivity (Wildman–Crippen MR) is 46.9 cm³/mol. The lowest BCUT2D eigenvalue weighted by Crippen LogP contribution is -2.19. The van der Waals surface area contributed by atoms with Gasteiger partial charge in [-0.25, -0.2) is 0 Å². The minimum atomic E-state index is -0.767. The molecule has 0 aromatic rings. The molecule has 1 N–H and O–H groups in total. The Balaban J connectivity index is 3.54. The van der Waals surface area contributed by atoms with Crippen LogP contribution in [0.3, 0.4) is 0 Å². The van der Waals surface area contributed by atoms with Gasteiger partial charge in [-0.05, 0) is 26.7 Å². The third kappa shape index (κ3) is 9.01. The van der Waals surface area contributed by atoms with Gasteiger partial charge in [-0.1, -0.05) is 0 Å². The Bertz CT molecular complexity index is 190. The third-order valence-corrected chi connectivity index (χ3v) is 1.43. The summed E-state index contributed by atoms with van der Waals surface area (Å²) in [6.45, 7) is 4.53. The third-order valence-electron chi connectivity index (χ3n) is 1.43. The maximum Gasteiger partial charge on any atom is 0.313 e. The Labute approximate surface area is 77.9 Å². The number of hydrogen-bond acceptors (Lipinski definition) is 4. The highest BCUT2D eigenvalue weighted by Crippen LogP contribution is 2.12. The summed E-state index contributed by atoms with van der Waals surface area (Å²) in [6, 6.07) is 0. The highest BCUT2D eigenvalue weighted by atomic mass is 16.6. The molecule has 13 heavy (non-hydrogen) atoms. The van der Waals surface area contributed by atoms with Crippen molar-refractivity contribution < 1.29 is 19.4 Å². The van der Waals surface area contributed by atoms with Crippen molar-refractivity contribution in [3.05, 3.63) is 0 Å². The van der Waals surface area contributed by atoms with Crippen LogP contribution in [0.15, 0.2) is 0 Å². The molecular formula is C9H16O4. The number of carbonyl (C=O) groups is 2. The second kappa shape index (κ2) is 4.97. The van der Waals surface area contributed by atoms with Gasteiger partial charge in [0.05, 0.1) is 5.60 Å². The molecule has 0 aliphatic carbocycles. The minimum Gasteiger partial charge on any atom is -0.393 e. The van der Waals surface area contributed by atoms with E-state index in [-0.39, 0.29) is 6.42 Å². The Morgan fingerprint density at radius 1 is 1.38 bits per heavy atom. The molecule has 4 heteroatoms. The number of ether oxygens (including phenoxy) is 1. The van der Waals surface area contributed by atoms with Gasteiger partial charge < -0.3 is 9.84 Å². The maximum atomic E-state index is 10.8. The number of esters is 2. The van der Waals surface area contributed by atoms with Gasteiger partial charge in [0.2, 0.25) is 0 Å². The number of hydrogen-bond donors (Lipinski definition) is 1. The molecular weight excluding hydrogens is 172 g/mol. The van der Waals surface area contributed by atoms with Gasteiger partial charge in [-0.15, -0.1) is 0 Å². The largest absolute Gasteiger partial charge is 0.393 e. The fourth-order valence-electron chi connectivity index (χ4n) is 0.877. The zero-order chi connectivity index (χ0) is 10.5. The summed E-state index contributed by atoms with van der Waals surface area (Å²) >= 11 is 0. The standard InChI is InChI=1S/C9H16O4/c1-7(10)13-8(11)5-4-6-9(2,3)12/h12H,4-6H2,1-3H3. The van der Waals surface area contributed by atoms with Crippen LogP contribution >= 0.6 is 0 Å². The minimum absolute atomic E-state index is 0.170. The highest BCUT2D eigenvalue weighted by molar-refractivity contribution is 5.83. The van der Waals surface area contributed by atoms with E-state index in [9.17, 15) is 14.7 Å². The summed E-state index contributed by atoms with van der Waals surface area (Å²) < 4.78 is 4.31. The SMILES string of the molecule is CC(=O)OC(=O)CCCC(C)(C)O. The Morgan fingerprint density at radius 3 is 2.31 bits per heavy atom. The molecule has 76 valence electrons. The van der Waals surface area contributed by atoms with Crippen molar-refractivity contribution in [2.24, 2.45) is 0 Å². The fraction of sp³-hybridized carbons (Fsp3) is 0.778. The van der Waals surface area contributed by atoms with E-state index in [1.807, 2.05) is 0 Å². The molecule has 0 spiro atoms. The van der Waals surface area contributed by atoms with Crippen molar-refractivity contribution >= 4 is 11.9 Å². The smallest absolute Gasteiger partial charge is 0.313 e. The van der Waals surface area contributed by atoms with Crippen LogP contribution in [0.1, 0.15) is 40.0 Å². The van der Waals surface area contributed by atoms with Crippen LogP contribution in [-0.4, -0.2) is 22.6 Å². The second-order valence-electron chi connectivity index (χ2n) is 3.63. The van der Waals surface area contributed by atoms with Crippen LogP contribution in [0.5, 0.6) is 0 Å². The van der Waals surface area contributed by atoms with Gasteiger partial charge in [0.25, 0.3) is 0 Å². The van der Waals surface area contributed by atoms with Crippen molar-refractivity contribution in [2.75, 3.05) is 0 Å². The van der Waals surface area contributed by atoms with Crippen molar-refractivity contribution in [2.45, 2.75) is 45.6 Å². The number of aliphatic hydroxyl groups is 1. The van der Waals surface area contributed by atoms with Gasteiger partial charge in [0.1, 0.15) is 0 Å². The zero-order valence-corrected chi connectivity index (χ0v) is 8.29. The van der Waals surface area contributed by atoms with Crippen LogP contribution < -0.4 is 0 Å². The predicted octanol–water partition coefficient (Wildman–Crippen LogP) is 1.02. The monoisotopic (exact) mass is 188 g/mol. The first-order chi connectivity index (χ1) is 5.81. The van der Waals surface area contributed by atoms with E-state index in [0.29, 0.717) is 12.8 Å². The molecule has 0 aromatic heterocycles. The van der Waals surface area contributed by atoms with Crippen LogP contribution in [0.2, 0.25) is 0 Å². The lowest BCUT2D eigenvalue weighted by Gasteiger charge is -2.15. The quantitative estimate of drug-likeness (QED) is 0.528. The van der Waals surface area contributed by atoms with Gasteiger partial charge >= 0.3 is 11.9 Å². The number of carbonyl (C=O) groups excluding carboxylic acids is 2. The van der Waals surface area contributed by atoms with Crippen LogP contribution in [0.25, 0.3) is 0 Å². The van der Waals surface area contributed by atoms with Gasteiger partial charge in [0.15, 0.2) is 0 Å². The first-order valence-electron chi connectivity index (χ1n) is 4.25. The first-order valence-corrected chi connectivity index (χ1v) is 4.25. The van der Waals surface area contributed by atoms with Crippen molar-refractivity contribution in [3.8, 4) is 0 Å². The van der Waals surface area contributed by atoms with Gasteiger partial charge in [-0.3, -0.25) is 9.59 Å². The molecule has 0 heterocycles. The average Bonchev–Trinajstić information content (AvgIpc) is 1.81. The fourth-order valence-corrected chi connectivity index (χ4v) is 0.877. The summed E-state index contributed by atoms with van der Waals surface area (Å²) in [7, 11) is 0. The molecule has 0 saturated carbocycles. The molecule has 0 aromatic carbocycles. The normalized spacial score (nSPS) is 11.1. The second-order valence-corrected chi connectivity index (χ2v) is 3.63. The van der Waals surface area contributed by atoms with E-state index in [0.717, 1.165) is 0 Å². The molecule has 0 unspecified atom stereocenters. The van der Waals surface area contributed by atoms with E-state index in [1.54, 1.807) is 13.8 Å². The lowest BCUT2D eigenvalue weighted by atomic mass is 10.0. The summed E-state index contributed by atoms with van der Waals surface area (Å²) in [5.41, 5.74) is -0.767. The van der Waals surface area contributed by atoms with Gasteiger partial charge in [0, 0.05) is 13.3 Å². The molecule has 4 nitrogen and oxygen atoms in total. The van der Waals surface area contributed by atoms with E-state index in [1.165, 1.54) is 6.92 Å². The summed E-state index contributed by atoms with van der Waals surface area (Å²) in [4.78, 5) is 21.1. The molecule has 0 saturated heterocycles. The molecule has 0 bridgehead atoms. The van der Waals surface area contributed by atoms with Crippen LogP contribution in [-0.2, 0) is 14.3 Å².